The highest BCUT2D eigenvalue weighted by atomic mass is 32.1. The highest BCUT2D eigenvalue weighted by Crippen LogP contribution is 2.25. The van der Waals surface area contributed by atoms with Crippen molar-refractivity contribution in [3.63, 3.8) is 0 Å². The van der Waals surface area contributed by atoms with E-state index in [1.54, 1.807) is 12.1 Å². The molecule has 0 saturated heterocycles. The molecule has 0 saturated carbocycles. The quantitative estimate of drug-likeness (QED) is 0.237. The Morgan fingerprint density at radius 1 is 1.29 bits per heavy atom. The molecule has 162 valence electrons. The predicted molar refractivity (Wildman–Crippen MR) is 121 cm³/mol. The maximum absolute atomic E-state index is 12.4. The van der Waals surface area contributed by atoms with E-state index in [0.29, 0.717) is 35.1 Å². The molecule has 3 aromatic rings. The molecule has 0 atom stereocenters. The first kappa shape index (κ1) is 22.5. The fourth-order valence-corrected chi connectivity index (χ4v) is 4.60. The summed E-state index contributed by atoms with van der Waals surface area (Å²) in [7, 11) is 0. The van der Waals surface area contributed by atoms with Crippen LogP contribution in [0.2, 0.25) is 0 Å². The minimum absolute atomic E-state index is 0.0114. The molecule has 0 aliphatic rings. The van der Waals surface area contributed by atoms with Gasteiger partial charge in [-0.1, -0.05) is 22.7 Å². The van der Waals surface area contributed by atoms with E-state index in [2.05, 4.69) is 10.3 Å². The molecule has 0 unspecified atom stereocenters. The second-order valence-corrected chi connectivity index (χ2v) is 8.42. The summed E-state index contributed by atoms with van der Waals surface area (Å²) in [5.74, 6) is -0.644. The number of rotatable bonds is 8. The first-order chi connectivity index (χ1) is 14.9. The average molecular weight is 461 g/mol. The number of ether oxygens (including phenoxy) is 1. The summed E-state index contributed by atoms with van der Waals surface area (Å²) in [6, 6.07) is 8.48. The zero-order valence-corrected chi connectivity index (χ0v) is 18.5. The van der Waals surface area contributed by atoms with Gasteiger partial charge in [0, 0.05) is 42.8 Å². The SMILES string of the molecule is CCOCCn1c(=NC(=O)C=Cc2ccc([N+](=O)[O-])s2)sc2cc(NC(C)=O)ccc21. The zero-order valence-electron chi connectivity index (χ0n) is 16.9. The third kappa shape index (κ3) is 5.94. The van der Waals surface area contributed by atoms with Crippen molar-refractivity contribution in [2.24, 2.45) is 4.99 Å². The smallest absolute Gasteiger partial charge is 0.324 e. The Balaban J connectivity index is 1.92. The van der Waals surface area contributed by atoms with Gasteiger partial charge in [-0.05, 0) is 37.3 Å². The number of nitrogens with zero attached hydrogens (tertiary/aromatic N) is 3. The van der Waals surface area contributed by atoms with Crippen LogP contribution < -0.4 is 10.1 Å². The number of hydrogen-bond acceptors (Lipinski definition) is 7. The molecule has 0 aliphatic heterocycles. The van der Waals surface area contributed by atoms with E-state index in [1.807, 2.05) is 23.6 Å². The molecule has 0 radical (unpaired) electrons. The van der Waals surface area contributed by atoms with E-state index < -0.39 is 10.8 Å². The lowest BCUT2D eigenvalue weighted by Crippen LogP contribution is -2.19. The molecule has 1 N–H and O–H groups in total. The van der Waals surface area contributed by atoms with Crippen LogP contribution in [0.5, 0.6) is 0 Å². The second-order valence-electron chi connectivity index (χ2n) is 6.31. The molecule has 2 amide bonds. The van der Waals surface area contributed by atoms with Gasteiger partial charge >= 0.3 is 5.00 Å². The van der Waals surface area contributed by atoms with Gasteiger partial charge in [-0.15, -0.1) is 0 Å². The molecule has 0 fully saturated rings. The lowest BCUT2D eigenvalue weighted by molar-refractivity contribution is -0.380. The molecule has 0 bridgehead atoms. The Labute approximate surface area is 185 Å². The summed E-state index contributed by atoms with van der Waals surface area (Å²) in [5, 5.41) is 13.5. The number of thiazole rings is 1. The number of amides is 2. The second kappa shape index (κ2) is 10.2. The summed E-state index contributed by atoms with van der Waals surface area (Å²) in [4.78, 5) is 39.4. The number of thiophene rings is 1. The third-order valence-corrected chi connectivity index (χ3v) is 6.10. The number of hydrogen-bond donors (Lipinski definition) is 1. The van der Waals surface area contributed by atoms with E-state index in [0.717, 1.165) is 21.6 Å². The van der Waals surface area contributed by atoms with Gasteiger partial charge in [-0.25, -0.2) is 0 Å². The molecule has 0 spiro atoms. The van der Waals surface area contributed by atoms with Gasteiger partial charge in [0.25, 0.3) is 5.91 Å². The average Bonchev–Trinajstić information content (AvgIpc) is 3.31. The molecule has 3 rings (SSSR count). The van der Waals surface area contributed by atoms with Crippen LogP contribution in [-0.4, -0.2) is 34.5 Å². The van der Waals surface area contributed by atoms with Crippen molar-refractivity contribution in [2.75, 3.05) is 18.5 Å². The minimum Gasteiger partial charge on any atom is -0.380 e. The molecular weight excluding hydrogens is 440 g/mol. The predicted octanol–water partition coefficient (Wildman–Crippen LogP) is 3.81. The Morgan fingerprint density at radius 3 is 2.77 bits per heavy atom. The number of nitro groups is 1. The first-order valence-corrected chi connectivity index (χ1v) is 11.0. The largest absolute Gasteiger partial charge is 0.380 e. The van der Waals surface area contributed by atoms with Gasteiger partial charge in [0.15, 0.2) is 4.80 Å². The summed E-state index contributed by atoms with van der Waals surface area (Å²) in [6.07, 6.45) is 2.80. The summed E-state index contributed by atoms with van der Waals surface area (Å²) >= 11 is 2.31. The third-order valence-electron chi connectivity index (χ3n) is 4.06. The van der Waals surface area contributed by atoms with Crippen molar-refractivity contribution in [3.05, 3.63) is 56.2 Å². The molecule has 0 aliphatic carbocycles. The minimum atomic E-state index is -0.477. The summed E-state index contributed by atoms with van der Waals surface area (Å²) in [6.45, 7) is 4.90. The molecule has 11 heteroatoms. The van der Waals surface area contributed by atoms with Gasteiger partial charge in [0.1, 0.15) is 0 Å². The Hall–Kier alpha value is -3.15. The maximum atomic E-state index is 12.4. The van der Waals surface area contributed by atoms with Crippen LogP contribution >= 0.6 is 22.7 Å². The fraction of sp³-hybridized carbons (Fsp3) is 0.250. The Bertz CT molecular complexity index is 1220. The van der Waals surface area contributed by atoms with Crippen molar-refractivity contribution >= 4 is 61.5 Å². The summed E-state index contributed by atoms with van der Waals surface area (Å²) in [5.41, 5.74) is 1.54. The Morgan fingerprint density at radius 2 is 2.10 bits per heavy atom. The van der Waals surface area contributed by atoms with Crippen LogP contribution in [0.3, 0.4) is 0 Å². The number of fused-ring (bicyclic) bond motifs is 1. The Kier molecular flexibility index (Phi) is 7.45. The van der Waals surface area contributed by atoms with Crippen LogP contribution in [-0.2, 0) is 20.9 Å². The topological polar surface area (TPSA) is 116 Å². The van der Waals surface area contributed by atoms with Gasteiger partial charge < -0.3 is 14.6 Å². The number of aromatic nitrogens is 1. The fourth-order valence-electron chi connectivity index (χ4n) is 2.77. The highest BCUT2D eigenvalue weighted by molar-refractivity contribution is 7.16. The monoisotopic (exact) mass is 460 g/mol. The summed E-state index contributed by atoms with van der Waals surface area (Å²) < 4.78 is 8.22. The van der Waals surface area contributed by atoms with Crippen molar-refractivity contribution in [3.8, 4) is 0 Å². The number of nitrogens with one attached hydrogen (secondary N) is 1. The van der Waals surface area contributed by atoms with Gasteiger partial charge in [-0.2, -0.15) is 4.99 Å². The van der Waals surface area contributed by atoms with Crippen LogP contribution in [0, 0.1) is 10.1 Å². The molecule has 9 nitrogen and oxygen atoms in total. The number of carbonyl (C=O) groups is 2. The molecule has 31 heavy (non-hydrogen) atoms. The molecule has 2 heterocycles. The van der Waals surface area contributed by atoms with Crippen molar-refractivity contribution < 1.29 is 19.2 Å². The van der Waals surface area contributed by atoms with Gasteiger partial charge in [0.05, 0.1) is 21.7 Å². The number of carbonyl (C=O) groups excluding carboxylic acids is 2. The molecule has 2 aromatic heterocycles. The lowest BCUT2D eigenvalue weighted by atomic mass is 10.3. The van der Waals surface area contributed by atoms with E-state index in [1.165, 1.54) is 36.5 Å². The van der Waals surface area contributed by atoms with Crippen molar-refractivity contribution in [2.45, 2.75) is 20.4 Å². The van der Waals surface area contributed by atoms with Crippen molar-refractivity contribution in [1.82, 2.24) is 4.57 Å². The van der Waals surface area contributed by atoms with Crippen LogP contribution in [0.15, 0.2) is 41.4 Å². The van der Waals surface area contributed by atoms with Crippen molar-refractivity contribution in [1.29, 1.82) is 0 Å². The van der Waals surface area contributed by atoms with E-state index >= 15 is 0 Å². The number of benzene rings is 1. The lowest BCUT2D eigenvalue weighted by Gasteiger charge is -2.06. The standard InChI is InChI=1S/C20H20N4O5S2/c1-3-29-11-10-23-16-7-4-14(21-13(2)25)12-17(16)31-20(23)22-18(26)8-5-15-6-9-19(30-15)24(27)28/h4-9,12H,3,10-11H2,1-2H3,(H,21,25). The number of anilines is 1. The van der Waals surface area contributed by atoms with Crippen LogP contribution in [0.1, 0.15) is 18.7 Å². The normalized spacial score (nSPS) is 12.0. The van der Waals surface area contributed by atoms with E-state index in [4.69, 9.17) is 4.74 Å². The zero-order chi connectivity index (χ0) is 22.4. The van der Waals surface area contributed by atoms with Gasteiger partial charge in [-0.3, -0.25) is 19.7 Å². The molecule has 1 aromatic carbocycles. The first-order valence-electron chi connectivity index (χ1n) is 9.37. The maximum Gasteiger partial charge on any atom is 0.324 e. The van der Waals surface area contributed by atoms with Gasteiger partial charge in [0.2, 0.25) is 5.91 Å². The van der Waals surface area contributed by atoms with E-state index in [9.17, 15) is 19.7 Å². The van der Waals surface area contributed by atoms with Crippen LogP contribution in [0.4, 0.5) is 10.7 Å². The van der Waals surface area contributed by atoms with Crippen LogP contribution in [0.25, 0.3) is 16.3 Å². The van der Waals surface area contributed by atoms with E-state index in [-0.39, 0.29) is 10.9 Å². The molecular formula is C20H20N4O5S2. The highest BCUT2D eigenvalue weighted by Gasteiger charge is 2.10.